The standard InChI is InChI=1S/C18H22N4O3/c1-11(2)8-20-16(23)10-22-17(24)15(21-18(22)25)7-12-9-19-14-6-4-3-5-13(12)14/h3-6,9,11,15,19H,7-8,10H2,1-2H3,(H,20,23)(H,21,25)/t15-/m0/s1. The number of para-hydroxylation sites is 1. The van der Waals surface area contributed by atoms with Crippen molar-refractivity contribution in [2.24, 2.45) is 5.92 Å². The Kier molecular flexibility index (Phi) is 4.74. The zero-order chi connectivity index (χ0) is 18.0. The molecule has 0 bridgehead atoms. The number of H-pyrrole nitrogens is 1. The van der Waals surface area contributed by atoms with Gasteiger partial charge in [-0.3, -0.25) is 14.5 Å². The second-order valence-electron chi connectivity index (χ2n) is 6.69. The summed E-state index contributed by atoms with van der Waals surface area (Å²) in [5.41, 5.74) is 1.94. The highest BCUT2D eigenvalue weighted by atomic mass is 16.2. The number of nitrogens with zero attached hydrogens (tertiary/aromatic N) is 1. The molecule has 4 amide bonds. The summed E-state index contributed by atoms with van der Waals surface area (Å²) in [4.78, 5) is 40.6. The molecule has 1 aliphatic rings. The van der Waals surface area contributed by atoms with Gasteiger partial charge in [-0.2, -0.15) is 0 Å². The Morgan fingerprint density at radius 1 is 1.28 bits per heavy atom. The van der Waals surface area contributed by atoms with Crippen molar-refractivity contribution < 1.29 is 14.4 Å². The number of hydrogen-bond acceptors (Lipinski definition) is 3. The molecule has 1 aliphatic heterocycles. The van der Waals surface area contributed by atoms with Crippen LogP contribution in [-0.4, -0.2) is 46.9 Å². The molecule has 1 saturated heterocycles. The predicted octanol–water partition coefficient (Wildman–Crippen LogP) is 1.40. The van der Waals surface area contributed by atoms with Gasteiger partial charge < -0.3 is 15.6 Å². The zero-order valence-electron chi connectivity index (χ0n) is 14.3. The molecule has 0 saturated carbocycles. The van der Waals surface area contributed by atoms with Crippen molar-refractivity contribution in [2.45, 2.75) is 26.3 Å². The largest absolute Gasteiger partial charge is 0.361 e. The van der Waals surface area contributed by atoms with Crippen LogP contribution in [0.25, 0.3) is 10.9 Å². The van der Waals surface area contributed by atoms with E-state index in [2.05, 4.69) is 15.6 Å². The number of imide groups is 1. The average molecular weight is 342 g/mol. The summed E-state index contributed by atoms with van der Waals surface area (Å²) in [7, 11) is 0. The maximum Gasteiger partial charge on any atom is 0.325 e. The summed E-state index contributed by atoms with van der Waals surface area (Å²) < 4.78 is 0. The lowest BCUT2D eigenvalue weighted by Crippen LogP contribution is -2.42. The van der Waals surface area contributed by atoms with Crippen LogP contribution in [0.15, 0.2) is 30.5 Å². The fourth-order valence-electron chi connectivity index (χ4n) is 2.90. The lowest BCUT2D eigenvalue weighted by atomic mass is 10.1. The molecule has 25 heavy (non-hydrogen) atoms. The Morgan fingerprint density at radius 2 is 2.04 bits per heavy atom. The minimum atomic E-state index is -0.649. The predicted molar refractivity (Wildman–Crippen MR) is 93.9 cm³/mol. The minimum absolute atomic E-state index is 0.248. The molecular formula is C18H22N4O3. The van der Waals surface area contributed by atoms with Crippen molar-refractivity contribution in [3.8, 4) is 0 Å². The minimum Gasteiger partial charge on any atom is -0.361 e. The van der Waals surface area contributed by atoms with Crippen LogP contribution in [0.5, 0.6) is 0 Å². The summed E-state index contributed by atoms with van der Waals surface area (Å²) >= 11 is 0. The number of carbonyl (C=O) groups is 3. The van der Waals surface area contributed by atoms with Crippen LogP contribution in [0.4, 0.5) is 4.79 Å². The lowest BCUT2D eigenvalue weighted by Gasteiger charge is -2.13. The summed E-state index contributed by atoms with van der Waals surface area (Å²) in [6.07, 6.45) is 2.24. The highest BCUT2D eigenvalue weighted by Crippen LogP contribution is 2.21. The van der Waals surface area contributed by atoms with Crippen LogP contribution in [0, 0.1) is 5.92 Å². The van der Waals surface area contributed by atoms with E-state index in [1.54, 1.807) is 0 Å². The van der Waals surface area contributed by atoms with E-state index in [9.17, 15) is 14.4 Å². The topological polar surface area (TPSA) is 94.3 Å². The normalized spacial score (nSPS) is 17.4. The molecule has 1 fully saturated rings. The van der Waals surface area contributed by atoms with Gasteiger partial charge in [0, 0.05) is 30.1 Å². The molecule has 7 nitrogen and oxygen atoms in total. The van der Waals surface area contributed by atoms with Crippen LogP contribution >= 0.6 is 0 Å². The summed E-state index contributed by atoms with van der Waals surface area (Å²) in [5.74, 6) is -0.387. The quantitative estimate of drug-likeness (QED) is 0.693. The van der Waals surface area contributed by atoms with Crippen molar-refractivity contribution in [2.75, 3.05) is 13.1 Å². The number of aromatic amines is 1. The Labute approximate surface area is 145 Å². The third kappa shape index (κ3) is 3.65. The van der Waals surface area contributed by atoms with E-state index in [4.69, 9.17) is 0 Å². The fourth-order valence-corrected chi connectivity index (χ4v) is 2.90. The zero-order valence-corrected chi connectivity index (χ0v) is 14.3. The average Bonchev–Trinajstić information content (AvgIpc) is 3.10. The van der Waals surface area contributed by atoms with Crippen molar-refractivity contribution in [1.82, 2.24) is 20.5 Å². The van der Waals surface area contributed by atoms with Crippen LogP contribution in [-0.2, 0) is 16.0 Å². The number of benzene rings is 1. The number of carbonyl (C=O) groups excluding carboxylic acids is 3. The van der Waals surface area contributed by atoms with E-state index in [1.165, 1.54) is 0 Å². The number of aromatic nitrogens is 1. The lowest BCUT2D eigenvalue weighted by molar-refractivity contribution is -0.132. The van der Waals surface area contributed by atoms with Crippen LogP contribution in [0.3, 0.4) is 0 Å². The second kappa shape index (κ2) is 6.96. The van der Waals surface area contributed by atoms with E-state index in [1.807, 2.05) is 44.3 Å². The van der Waals surface area contributed by atoms with Gasteiger partial charge in [-0.05, 0) is 17.5 Å². The Morgan fingerprint density at radius 3 is 2.80 bits per heavy atom. The van der Waals surface area contributed by atoms with Gasteiger partial charge in [0.15, 0.2) is 0 Å². The smallest absolute Gasteiger partial charge is 0.325 e. The SMILES string of the molecule is CC(C)CNC(=O)CN1C(=O)N[C@@H](Cc2c[nH]c3ccccc23)C1=O. The van der Waals surface area contributed by atoms with Crippen LogP contribution < -0.4 is 10.6 Å². The van der Waals surface area contributed by atoms with Crippen molar-refractivity contribution in [3.63, 3.8) is 0 Å². The van der Waals surface area contributed by atoms with E-state index in [0.717, 1.165) is 21.4 Å². The molecule has 3 N–H and O–H groups in total. The Balaban J connectivity index is 1.66. The number of nitrogens with one attached hydrogen (secondary N) is 3. The number of urea groups is 1. The summed E-state index contributed by atoms with van der Waals surface area (Å²) in [6, 6.07) is 6.63. The van der Waals surface area contributed by atoms with Gasteiger partial charge in [-0.25, -0.2) is 4.79 Å². The maximum absolute atomic E-state index is 12.5. The molecule has 0 spiro atoms. The first-order valence-corrected chi connectivity index (χ1v) is 8.39. The Bertz CT molecular complexity index is 812. The number of amides is 4. The van der Waals surface area contributed by atoms with Crippen molar-refractivity contribution >= 4 is 28.7 Å². The molecule has 3 rings (SSSR count). The molecule has 2 heterocycles. The number of hydrogen-bond donors (Lipinski definition) is 3. The third-order valence-electron chi connectivity index (χ3n) is 4.22. The molecule has 0 unspecified atom stereocenters. The van der Waals surface area contributed by atoms with E-state index < -0.39 is 12.1 Å². The monoisotopic (exact) mass is 342 g/mol. The first-order chi connectivity index (χ1) is 12.0. The van der Waals surface area contributed by atoms with E-state index >= 15 is 0 Å². The third-order valence-corrected chi connectivity index (χ3v) is 4.22. The number of rotatable bonds is 6. The van der Waals surface area contributed by atoms with Gasteiger partial charge in [0.25, 0.3) is 5.91 Å². The van der Waals surface area contributed by atoms with Crippen molar-refractivity contribution in [1.29, 1.82) is 0 Å². The molecule has 2 aromatic rings. The van der Waals surface area contributed by atoms with E-state index in [0.29, 0.717) is 18.9 Å². The molecule has 0 aliphatic carbocycles. The van der Waals surface area contributed by atoms with Gasteiger partial charge in [0.1, 0.15) is 12.6 Å². The summed E-state index contributed by atoms with van der Waals surface area (Å²) in [6.45, 7) is 4.22. The van der Waals surface area contributed by atoms with Crippen molar-refractivity contribution in [3.05, 3.63) is 36.0 Å². The number of fused-ring (bicyclic) bond motifs is 1. The highest BCUT2D eigenvalue weighted by Gasteiger charge is 2.39. The molecular weight excluding hydrogens is 320 g/mol. The molecule has 0 radical (unpaired) electrons. The molecule has 7 heteroatoms. The molecule has 132 valence electrons. The first-order valence-electron chi connectivity index (χ1n) is 8.39. The van der Waals surface area contributed by atoms with Crippen LogP contribution in [0.2, 0.25) is 0 Å². The molecule has 1 atom stereocenters. The first kappa shape index (κ1) is 17.0. The molecule has 1 aromatic heterocycles. The van der Waals surface area contributed by atoms with Gasteiger partial charge in [-0.1, -0.05) is 32.0 Å². The van der Waals surface area contributed by atoms with Gasteiger partial charge in [-0.15, -0.1) is 0 Å². The summed E-state index contributed by atoms with van der Waals surface area (Å²) in [5, 5.41) is 6.41. The van der Waals surface area contributed by atoms with Gasteiger partial charge >= 0.3 is 6.03 Å². The molecule has 1 aromatic carbocycles. The van der Waals surface area contributed by atoms with Gasteiger partial charge in [0.2, 0.25) is 5.91 Å². The highest BCUT2D eigenvalue weighted by molar-refractivity contribution is 6.06. The van der Waals surface area contributed by atoms with Crippen LogP contribution in [0.1, 0.15) is 19.4 Å². The Hall–Kier alpha value is -2.83. The second-order valence-corrected chi connectivity index (χ2v) is 6.69. The fraction of sp³-hybridized carbons (Fsp3) is 0.389. The van der Waals surface area contributed by atoms with Gasteiger partial charge in [0.05, 0.1) is 0 Å². The maximum atomic E-state index is 12.5. The van der Waals surface area contributed by atoms with E-state index in [-0.39, 0.29) is 18.4 Å².